The Bertz CT molecular complexity index is 77.3. The molecule has 62 valence electrons. The second kappa shape index (κ2) is 4.97. The molecule has 0 aromatic rings. The van der Waals surface area contributed by atoms with Gasteiger partial charge in [0.1, 0.15) is 0 Å². The zero-order valence-electron chi connectivity index (χ0n) is 6.97. The van der Waals surface area contributed by atoms with Crippen LogP contribution in [0, 0.1) is 0 Å². The highest BCUT2D eigenvalue weighted by molar-refractivity contribution is 5.85. The first-order valence-corrected chi connectivity index (χ1v) is 3.97. The van der Waals surface area contributed by atoms with Crippen LogP contribution in [0.1, 0.15) is 32.1 Å². The predicted molar refractivity (Wildman–Crippen MR) is 47.8 cm³/mol. The van der Waals surface area contributed by atoms with Crippen molar-refractivity contribution in [3.63, 3.8) is 0 Å². The second-order valence-corrected chi connectivity index (χ2v) is 3.26. The SMILES string of the molecule is CN(C)C1CCCCC1.Cl. The van der Waals surface area contributed by atoms with Gasteiger partial charge in [-0.05, 0) is 26.9 Å². The monoisotopic (exact) mass is 163 g/mol. The lowest BCUT2D eigenvalue weighted by Gasteiger charge is -2.27. The topological polar surface area (TPSA) is 3.24 Å². The molecule has 1 saturated carbocycles. The van der Waals surface area contributed by atoms with E-state index in [1.165, 1.54) is 32.1 Å². The lowest BCUT2D eigenvalue weighted by Crippen LogP contribution is -2.29. The zero-order chi connectivity index (χ0) is 6.69. The highest BCUT2D eigenvalue weighted by Gasteiger charge is 2.13. The van der Waals surface area contributed by atoms with E-state index < -0.39 is 0 Å². The maximum Gasteiger partial charge on any atom is 0.00891 e. The Morgan fingerprint density at radius 3 is 1.80 bits per heavy atom. The Hall–Kier alpha value is 0.250. The predicted octanol–water partition coefficient (Wildman–Crippen LogP) is 2.30. The largest absolute Gasteiger partial charge is 0.306 e. The summed E-state index contributed by atoms with van der Waals surface area (Å²) in [7, 11) is 4.38. The smallest absolute Gasteiger partial charge is 0.00891 e. The fourth-order valence-electron chi connectivity index (χ4n) is 1.60. The van der Waals surface area contributed by atoms with Gasteiger partial charge in [0.05, 0.1) is 0 Å². The van der Waals surface area contributed by atoms with Gasteiger partial charge in [-0.25, -0.2) is 0 Å². The average molecular weight is 164 g/mol. The Kier molecular flexibility index (Phi) is 5.10. The molecule has 1 aliphatic carbocycles. The third-order valence-corrected chi connectivity index (χ3v) is 2.30. The molecule has 0 saturated heterocycles. The number of rotatable bonds is 1. The van der Waals surface area contributed by atoms with Crippen LogP contribution in [0.3, 0.4) is 0 Å². The lowest BCUT2D eigenvalue weighted by atomic mass is 9.95. The average Bonchev–Trinajstić information content (AvgIpc) is 1.90. The Labute approximate surface area is 70.2 Å². The van der Waals surface area contributed by atoms with E-state index in [-0.39, 0.29) is 12.4 Å². The minimum atomic E-state index is 0. The van der Waals surface area contributed by atoms with E-state index in [0.717, 1.165) is 6.04 Å². The molecule has 1 rings (SSSR count). The van der Waals surface area contributed by atoms with Crippen LogP contribution in [-0.2, 0) is 0 Å². The molecule has 0 atom stereocenters. The molecule has 0 heterocycles. The van der Waals surface area contributed by atoms with Crippen LogP contribution in [0.4, 0.5) is 0 Å². The van der Waals surface area contributed by atoms with Gasteiger partial charge >= 0.3 is 0 Å². The van der Waals surface area contributed by atoms with Crippen LogP contribution in [0.2, 0.25) is 0 Å². The zero-order valence-corrected chi connectivity index (χ0v) is 7.78. The molecule has 1 aliphatic rings. The molecule has 0 unspecified atom stereocenters. The first kappa shape index (κ1) is 10.2. The molecular weight excluding hydrogens is 146 g/mol. The summed E-state index contributed by atoms with van der Waals surface area (Å²) in [5.74, 6) is 0. The number of hydrogen-bond donors (Lipinski definition) is 0. The van der Waals surface area contributed by atoms with Gasteiger partial charge in [-0.2, -0.15) is 0 Å². The van der Waals surface area contributed by atoms with E-state index in [0.29, 0.717) is 0 Å². The van der Waals surface area contributed by atoms with E-state index in [1.54, 1.807) is 0 Å². The van der Waals surface area contributed by atoms with Crippen molar-refractivity contribution >= 4 is 12.4 Å². The summed E-state index contributed by atoms with van der Waals surface area (Å²) in [4.78, 5) is 2.36. The van der Waals surface area contributed by atoms with Gasteiger partial charge < -0.3 is 4.90 Å². The van der Waals surface area contributed by atoms with Gasteiger partial charge in [-0.1, -0.05) is 19.3 Å². The minimum absolute atomic E-state index is 0. The Morgan fingerprint density at radius 2 is 1.50 bits per heavy atom. The molecule has 2 heteroatoms. The van der Waals surface area contributed by atoms with E-state index in [9.17, 15) is 0 Å². The summed E-state index contributed by atoms with van der Waals surface area (Å²) in [6, 6.07) is 0.888. The van der Waals surface area contributed by atoms with Gasteiger partial charge in [-0.3, -0.25) is 0 Å². The van der Waals surface area contributed by atoms with Gasteiger partial charge in [0, 0.05) is 6.04 Å². The number of halogens is 1. The molecule has 0 aromatic heterocycles. The molecule has 1 nitrogen and oxygen atoms in total. The van der Waals surface area contributed by atoms with Crippen LogP contribution >= 0.6 is 12.4 Å². The van der Waals surface area contributed by atoms with Crippen molar-refractivity contribution in [3.05, 3.63) is 0 Å². The van der Waals surface area contributed by atoms with E-state index in [2.05, 4.69) is 19.0 Å². The standard InChI is InChI=1S/C8H17N.ClH/c1-9(2)8-6-4-3-5-7-8;/h8H,3-7H2,1-2H3;1H. The summed E-state index contributed by atoms with van der Waals surface area (Å²) in [6.07, 6.45) is 7.20. The molecule has 0 aliphatic heterocycles. The normalized spacial score (nSPS) is 20.7. The van der Waals surface area contributed by atoms with Crippen LogP contribution in [0.5, 0.6) is 0 Å². The number of hydrogen-bond acceptors (Lipinski definition) is 1. The molecule has 0 bridgehead atoms. The first-order valence-electron chi connectivity index (χ1n) is 3.97. The Balaban J connectivity index is 0.000000810. The summed E-state index contributed by atoms with van der Waals surface area (Å²) in [5, 5.41) is 0. The lowest BCUT2D eigenvalue weighted by molar-refractivity contribution is 0.229. The third-order valence-electron chi connectivity index (χ3n) is 2.30. The van der Waals surface area contributed by atoms with E-state index >= 15 is 0 Å². The van der Waals surface area contributed by atoms with Gasteiger partial charge in [0.15, 0.2) is 0 Å². The fraction of sp³-hybridized carbons (Fsp3) is 1.00. The quantitative estimate of drug-likeness (QED) is 0.574. The molecule has 0 radical (unpaired) electrons. The molecule has 1 fully saturated rings. The summed E-state index contributed by atoms with van der Waals surface area (Å²) in [6.45, 7) is 0. The molecule has 10 heavy (non-hydrogen) atoms. The van der Waals surface area contributed by atoms with E-state index in [1.807, 2.05) is 0 Å². The third kappa shape index (κ3) is 2.89. The highest BCUT2D eigenvalue weighted by atomic mass is 35.5. The number of nitrogens with zero attached hydrogens (tertiary/aromatic N) is 1. The molecule has 0 N–H and O–H groups in total. The van der Waals surface area contributed by atoms with Crippen LogP contribution < -0.4 is 0 Å². The van der Waals surface area contributed by atoms with Crippen LogP contribution in [-0.4, -0.2) is 25.0 Å². The summed E-state index contributed by atoms with van der Waals surface area (Å²) in [5.41, 5.74) is 0. The van der Waals surface area contributed by atoms with Crippen molar-refractivity contribution in [2.75, 3.05) is 14.1 Å². The van der Waals surface area contributed by atoms with E-state index in [4.69, 9.17) is 0 Å². The minimum Gasteiger partial charge on any atom is -0.306 e. The van der Waals surface area contributed by atoms with Crippen molar-refractivity contribution in [2.24, 2.45) is 0 Å². The molecular formula is C8H18ClN. The van der Waals surface area contributed by atoms with Crippen molar-refractivity contribution < 1.29 is 0 Å². The molecule has 0 amide bonds. The maximum absolute atomic E-state index is 2.36. The van der Waals surface area contributed by atoms with Crippen LogP contribution in [0.25, 0.3) is 0 Å². The van der Waals surface area contributed by atoms with Crippen molar-refractivity contribution in [2.45, 2.75) is 38.1 Å². The fourth-order valence-corrected chi connectivity index (χ4v) is 1.60. The van der Waals surface area contributed by atoms with Crippen molar-refractivity contribution in [1.29, 1.82) is 0 Å². The first-order chi connectivity index (χ1) is 4.30. The van der Waals surface area contributed by atoms with Crippen molar-refractivity contribution in [1.82, 2.24) is 4.90 Å². The van der Waals surface area contributed by atoms with Gasteiger partial charge in [-0.15, -0.1) is 12.4 Å². The second-order valence-electron chi connectivity index (χ2n) is 3.26. The Morgan fingerprint density at radius 1 is 1.00 bits per heavy atom. The summed E-state index contributed by atoms with van der Waals surface area (Å²) >= 11 is 0. The van der Waals surface area contributed by atoms with Gasteiger partial charge in [0.2, 0.25) is 0 Å². The van der Waals surface area contributed by atoms with Crippen molar-refractivity contribution in [3.8, 4) is 0 Å². The summed E-state index contributed by atoms with van der Waals surface area (Å²) < 4.78 is 0. The maximum atomic E-state index is 2.36. The van der Waals surface area contributed by atoms with Gasteiger partial charge in [0.25, 0.3) is 0 Å². The molecule has 0 spiro atoms. The highest BCUT2D eigenvalue weighted by Crippen LogP contribution is 2.20. The van der Waals surface area contributed by atoms with Crippen LogP contribution in [0.15, 0.2) is 0 Å². The molecule has 0 aromatic carbocycles.